The number of carbonyl (C=O) groups excluding carboxylic acids is 1. The summed E-state index contributed by atoms with van der Waals surface area (Å²) in [5.74, 6) is -1.90. The summed E-state index contributed by atoms with van der Waals surface area (Å²) in [6.45, 7) is 1.19. The maximum atomic E-state index is 12.6. The van der Waals surface area contributed by atoms with Gasteiger partial charge < -0.3 is 9.88 Å². The van der Waals surface area contributed by atoms with Crippen molar-refractivity contribution in [3.8, 4) is 0 Å². The average Bonchev–Trinajstić information content (AvgIpc) is 2.35. The molecule has 0 aromatic carbocycles. The maximum absolute atomic E-state index is 12.6. The first-order chi connectivity index (χ1) is 9.16. The molecular formula is C10H11F4N3O3. The zero-order valence-corrected chi connectivity index (χ0v) is 10.3. The van der Waals surface area contributed by atoms with Crippen LogP contribution in [-0.4, -0.2) is 27.8 Å². The number of H-pyrrole nitrogens is 1. The molecular weight excluding hydrogens is 286 g/mol. The first-order valence-corrected chi connectivity index (χ1v) is 5.48. The van der Waals surface area contributed by atoms with E-state index in [1.807, 2.05) is 4.98 Å². The molecule has 1 heterocycles. The number of aromatic amines is 1. The van der Waals surface area contributed by atoms with Crippen molar-refractivity contribution < 1.29 is 22.4 Å². The molecule has 1 amide bonds. The molecule has 0 saturated carbocycles. The molecule has 2 N–H and O–H groups in total. The van der Waals surface area contributed by atoms with Crippen LogP contribution in [0.15, 0.2) is 15.8 Å². The van der Waals surface area contributed by atoms with E-state index in [0.29, 0.717) is 0 Å². The Bertz CT molecular complexity index is 605. The normalized spacial score (nSPS) is 13.1. The number of halogens is 4. The van der Waals surface area contributed by atoms with Crippen LogP contribution in [0, 0.1) is 0 Å². The van der Waals surface area contributed by atoms with Crippen molar-refractivity contribution in [2.75, 3.05) is 0 Å². The van der Waals surface area contributed by atoms with Crippen LogP contribution in [0.2, 0.25) is 0 Å². The van der Waals surface area contributed by atoms with Gasteiger partial charge in [-0.3, -0.25) is 14.6 Å². The van der Waals surface area contributed by atoms with Crippen molar-refractivity contribution in [2.45, 2.75) is 32.4 Å². The number of hydrogen-bond acceptors (Lipinski definition) is 3. The molecule has 0 fully saturated rings. The molecule has 0 aliphatic carbocycles. The number of aromatic nitrogens is 2. The third-order valence-electron chi connectivity index (χ3n) is 2.40. The highest BCUT2D eigenvalue weighted by molar-refractivity contribution is 5.81. The highest BCUT2D eigenvalue weighted by Crippen LogP contribution is 2.22. The Morgan fingerprint density at radius 1 is 1.45 bits per heavy atom. The van der Waals surface area contributed by atoms with Crippen molar-refractivity contribution in [2.24, 2.45) is 0 Å². The van der Waals surface area contributed by atoms with Crippen LogP contribution < -0.4 is 16.6 Å². The molecule has 6 nitrogen and oxygen atoms in total. The Morgan fingerprint density at radius 3 is 2.55 bits per heavy atom. The summed E-state index contributed by atoms with van der Waals surface area (Å²) >= 11 is 0. The minimum absolute atomic E-state index is 0.158. The number of rotatable bonds is 4. The van der Waals surface area contributed by atoms with Crippen LogP contribution in [0.5, 0.6) is 0 Å². The minimum Gasteiger partial charge on any atom is -0.349 e. The van der Waals surface area contributed by atoms with Gasteiger partial charge in [0, 0.05) is 19.3 Å². The maximum Gasteiger partial charge on any atom is 0.428 e. The first-order valence-electron chi connectivity index (χ1n) is 5.48. The quantitative estimate of drug-likeness (QED) is 0.772. The van der Waals surface area contributed by atoms with Crippen molar-refractivity contribution in [1.82, 2.24) is 14.9 Å². The molecule has 20 heavy (non-hydrogen) atoms. The minimum atomic E-state index is -5.31. The summed E-state index contributed by atoms with van der Waals surface area (Å²) in [6, 6.07) is 0. The number of carbonyl (C=O) groups is 1. The van der Waals surface area contributed by atoms with Crippen molar-refractivity contribution >= 4 is 5.91 Å². The monoisotopic (exact) mass is 297 g/mol. The third kappa shape index (κ3) is 3.68. The van der Waals surface area contributed by atoms with Crippen molar-refractivity contribution in [3.63, 3.8) is 0 Å². The molecule has 0 aliphatic heterocycles. The Morgan fingerprint density at radius 2 is 2.05 bits per heavy atom. The molecule has 0 radical (unpaired) electrons. The second kappa shape index (κ2) is 5.88. The second-order valence-corrected chi connectivity index (χ2v) is 3.82. The van der Waals surface area contributed by atoms with Gasteiger partial charge in [0.15, 0.2) is 0 Å². The fourth-order valence-electron chi connectivity index (χ4n) is 1.34. The topological polar surface area (TPSA) is 84.0 Å². The SMILES string of the molecule is CCn1cc(CNC(=O)C(F)C(F)(F)F)c(=O)[nH]c1=O. The predicted molar refractivity (Wildman–Crippen MR) is 59.8 cm³/mol. The number of nitrogens with zero attached hydrogens (tertiary/aromatic N) is 1. The third-order valence-corrected chi connectivity index (χ3v) is 2.40. The van der Waals surface area contributed by atoms with Crippen molar-refractivity contribution in [3.05, 3.63) is 32.6 Å². The number of aryl methyl sites for hydroxylation is 1. The van der Waals surface area contributed by atoms with E-state index in [1.54, 1.807) is 12.2 Å². The summed E-state index contributed by atoms with van der Waals surface area (Å²) in [5, 5.41) is 1.65. The van der Waals surface area contributed by atoms with Gasteiger partial charge in [-0.25, -0.2) is 9.18 Å². The lowest BCUT2D eigenvalue weighted by Gasteiger charge is -2.12. The van der Waals surface area contributed by atoms with E-state index in [-0.39, 0.29) is 12.1 Å². The molecule has 1 rings (SSSR count). The first kappa shape index (κ1) is 15.9. The molecule has 0 saturated heterocycles. The van der Waals surface area contributed by atoms with Crippen LogP contribution >= 0.6 is 0 Å². The van der Waals surface area contributed by atoms with Crippen LogP contribution in [0.4, 0.5) is 17.6 Å². The van der Waals surface area contributed by atoms with Gasteiger partial charge in [-0.1, -0.05) is 0 Å². The second-order valence-electron chi connectivity index (χ2n) is 3.82. The molecule has 112 valence electrons. The van der Waals surface area contributed by atoms with Crippen LogP contribution in [0.3, 0.4) is 0 Å². The molecule has 1 atom stereocenters. The molecule has 0 spiro atoms. The molecule has 10 heteroatoms. The van der Waals surface area contributed by atoms with E-state index in [4.69, 9.17) is 0 Å². The van der Waals surface area contributed by atoms with Gasteiger partial charge >= 0.3 is 11.9 Å². The Balaban J connectivity index is 2.84. The Kier molecular flexibility index (Phi) is 4.69. The van der Waals surface area contributed by atoms with E-state index in [1.165, 1.54) is 0 Å². The smallest absolute Gasteiger partial charge is 0.349 e. The van der Waals surface area contributed by atoms with Gasteiger partial charge in [-0.05, 0) is 6.92 Å². The van der Waals surface area contributed by atoms with Gasteiger partial charge in [0.2, 0.25) is 0 Å². The molecule has 1 unspecified atom stereocenters. The largest absolute Gasteiger partial charge is 0.428 e. The standard InChI is InChI=1S/C10H11F4N3O3/c1-2-17-4-5(7(18)16-9(17)20)3-15-8(19)6(11)10(12,13)14/h4,6H,2-3H2,1H3,(H,15,19)(H,16,18,20). The number of alkyl halides is 4. The Hall–Kier alpha value is -2.13. The highest BCUT2D eigenvalue weighted by Gasteiger charge is 2.45. The number of nitrogens with one attached hydrogen (secondary N) is 2. The van der Waals surface area contributed by atoms with Crippen LogP contribution in [0.25, 0.3) is 0 Å². The zero-order chi connectivity index (χ0) is 15.5. The van der Waals surface area contributed by atoms with E-state index in [9.17, 15) is 31.9 Å². The van der Waals surface area contributed by atoms with Gasteiger partial charge in [-0.2, -0.15) is 13.2 Å². The lowest BCUT2D eigenvalue weighted by atomic mass is 10.3. The average molecular weight is 297 g/mol. The van der Waals surface area contributed by atoms with Gasteiger partial charge in [-0.15, -0.1) is 0 Å². The lowest BCUT2D eigenvalue weighted by molar-refractivity contribution is -0.186. The van der Waals surface area contributed by atoms with E-state index >= 15 is 0 Å². The zero-order valence-electron chi connectivity index (χ0n) is 10.3. The Labute approximate surface area is 109 Å². The predicted octanol–water partition coefficient (Wildman–Crippen LogP) is 0.0731. The fourth-order valence-corrected chi connectivity index (χ4v) is 1.34. The molecule has 0 bridgehead atoms. The van der Waals surface area contributed by atoms with Crippen LogP contribution in [-0.2, 0) is 17.9 Å². The summed E-state index contributed by atoms with van der Waals surface area (Å²) in [4.78, 5) is 35.4. The highest BCUT2D eigenvalue weighted by atomic mass is 19.4. The van der Waals surface area contributed by atoms with Gasteiger partial charge in [0.25, 0.3) is 17.6 Å². The lowest BCUT2D eigenvalue weighted by Crippen LogP contribution is -2.42. The van der Waals surface area contributed by atoms with Crippen LogP contribution in [0.1, 0.15) is 12.5 Å². The van der Waals surface area contributed by atoms with Gasteiger partial charge in [0.05, 0.1) is 5.56 Å². The molecule has 1 aromatic heterocycles. The number of hydrogen-bond donors (Lipinski definition) is 2. The van der Waals surface area contributed by atoms with E-state index in [0.717, 1.165) is 10.8 Å². The van der Waals surface area contributed by atoms with E-state index in [2.05, 4.69) is 0 Å². The molecule has 1 aromatic rings. The fraction of sp³-hybridized carbons (Fsp3) is 0.500. The molecule has 0 aliphatic rings. The summed E-state index contributed by atoms with van der Waals surface area (Å²) in [7, 11) is 0. The summed E-state index contributed by atoms with van der Waals surface area (Å²) in [6.07, 6.45) is -7.89. The van der Waals surface area contributed by atoms with Gasteiger partial charge in [0.1, 0.15) is 0 Å². The van der Waals surface area contributed by atoms with E-state index < -0.39 is 36.0 Å². The van der Waals surface area contributed by atoms with Crippen molar-refractivity contribution in [1.29, 1.82) is 0 Å². The summed E-state index contributed by atoms with van der Waals surface area (Å²) < 4.78 is 49.5. The number of amides is 1. The summed E-state index contributed by atoms with van der Waals surface area (Å²) in [5.41, 5.74) is -1.71.